The van der Waals surface area contributed by atoms with Crippen molar-refractivity contribution in [1.82, 2.24) is 10.3 Å². The highest BCUT2D eigenvalue weighted by Crippen LogP contribution is 2.33. The molecule has 1 aromatic carbocycles. The SMILES string of the molecule is CC(NC1N=CC(C)(c2ccncc2)S1=O)c1ccc(F)cc1. The lowest BCUT2D eigenvalue weighted by Gasteiger charge is -2.24. The normalized spacial score (nSPS) is 28.0. The maximum atomic E-state index is 13.0. The largest absolute Gasteiger partial charge is 0.278 e. The van der Waals surface area contributed by atoms with Gasteiger partial charge in [-0.1, -0.05) is 12.1 Å². The third kappa shape index (κ3) is 3.09. The zero-order valence-corrected chi connectivity index (χ0v) is 13.8. The summed E-state index contributed by atoms with van der Waals surface area (Å²) in [6.07, 6.45) is 5.12. The van der Waals surface area contributed by atoms with Crippen LogP contribution < -0.4 is 5.32 Å². The van der Waals surface area contributed by atoms with E-state index in [1.807, 2.05) is 26.0 Å². The number of hydrogen-bond donors (Lipinski definition) is 1. The van der Waals surface area contributed by atoms with E-state index in [1.54, 1.807) is 30.7 Å². The molecule has 23 heavy (non-hydrogen) atoms. The van der Waals surface area contributed by atoms with E-state index >= 15 is 0 Å². The van der Waals surface area contributed by atoms with Gasteiger partial charge in [0.15, 0.2) is 5.50 Å². The number of rotatable bonds is 4. The molecule has 120 valence electrons. The summed E-state index contributed by atoms with van der Waals surface area (Å²) in [6, 6.07) is 9.91. The van der Waals surface area contributed by atoms with Crippen LogP contribution in [0.3, 0.4) is 0 Å². The summed E-state index contributed by atoms with van der Waals surface area (Å²) in [5.74, 6) is -0.270. The second-order valence-electron chi connectivity index (χ2n) is 5.71. The maximum absolute atomic E-state index is 13.0. The van der Waals surface area contributed by atoms with Crippen molar-refractivity contribution >= 4 is 17.0 Å². The Kier molecular flexibility index (Phi) is 4.37. The second-order valence-corrected chi connectivity index (χ2v) is 7.60. The third-order valence-electron chi connectivity index (χ3n) is 4.09. The van der Waals surface area contributed by atoms with Crippen LogP contribution in [0, 0.1) is 5.82 Å². The summed E-state index contributed by atoms with van der Waals surface area (Å²) < 4.78 is 25.3. The van der Waals surface area contributed by atoms with Crippen molar-refractivity contribution in [2.24, 2.45) is 4.99 Å². The van der Waals surface area contributed by atoms with E-state index in [1.165, 1.54) is 12.1 Å². The highest BCUT2D eigenvalue weighted by atomic mass is 32.2. The van der Waals surface area contributed by atoms with Gasteiger partial charge in [0.25, 0.3) is 0 Å². The average Bonchev–Trinajstić information content (AvgIpc) is 2.86. The minimum Gasteiger partial charge on any atom is -0.278 e. The van der Waals surface area contributed by atoms with E-state index in [0.717, 1.165) is 11.1 Å². The van der Waals surface area contributed by atoms with Gasteiger partial charge >= 0.3 is 0 Å². The minimum absolute atomic E-state index is 0.0820. The van der Waals surface area contributed by atoms with E-state index in [0.29, 0.717) is 0 Å². The quantitative estimate of drug-likeness (QED) is 0.937. The Hall–Kier alpha value is -1.92. The third-order valence-corrected chi connectivity index (χ3v) is 5.93. The number of hydrogen-bond acceptors (Lipinski definition) is 4. The van der Waals surface area contributed by atoms with Gasteiger partial charge in [-0.3, -0.25) is 19.5 Å². The van der Waals surface area contributed by atoms with Crippen molar-refractivity contribution in [3.63, 3.8) is 0 Å². The van der Waals surface area contributed by atoms with Gasteiger partial charge in [-0.25, -0.2) is 4.39 Å². The fraction of sp³-hybridized carbons (Fsp3) is 0.294. The molecule has 1 aliphatic heterocycles. The molecule has 0 aliphatic carbocycles. The van der Waals surface area contributed by atoms with Gasteiger partial charge in [-0.15, -0.1) is 0 Å². The Morgan fingerprint density at radius 2 is 1.87 bits per heavy atom. The van der Waals surface area contributed by atoms with E-state index in [-0.39, 0.29) is 11.9 Å². The Bertz CT molecular complexity index is 735. The molecule has 0 saturated carbocycles. The number of aromatic nitrogens is 1. The van der Waals surface area contributed by atoms with Crippen LogP contribution in [0.1, 0.15) is 31.0 Å². The Balaban J connectivity index is 1.75. The van der Waals surface area contributed by atoms with Gasteiger partial charge in [0.1, 0.15) is 10.6 Å². The monoisotopic (exact) mass is 331 g/mol. The Morgan fingerprint density at radius 3 is 2.52 bits per heavy atom. The van der Waals surface area contributed by atoms with Crippen LogP contribution in [0.5, 0.6) is 0 Å². The van der Waals surface area contributed by atoms with E-state index in [9.17, 15) is 8.60 Å². The van der Waals surface area contributed by atoms with Crippen LogP contribution >= 0.6 is 0 Å². The first-order valence-corrected chi connectivity index (χ1v) is 8.59. The fourth-order valence-electron chi connectivity index (χ4n) is 2.59. The summed E-state index contributed by atoms with van der Waals surface area (Å²) in [6.45, 7) is 3.86. The summed E-state index contributed by atoms with van der Waals surface area (Å²) in [7, 11) is -1.25. The zero-order valence-electron chi connectivity index (χ0n) is 12.9. The molecule has 1 aliphatic rings. The van der Waals surface area contributed by atoms with Crippen molar-refractivity contribution in [2.45, 2.75) is 30.1 Å². The van der Waals surface area contributed by atoms with Crippen LogP contribution in [-0.2, 0) is 15.5 Å². The molecule has 0 bridgehead atoms. The second kappa shape index (κ2) is 6.29. The van der Waals surface area contributed by atoms with E-state index in [4.69, 9.17) is 0 Å². The molecular weight excluding hydrogens is 313 g/mol. The lowest BCUT2D eigenvalue weighted by atomic mass is 10.0. The van der Waals surface area contributed by atoms with Crippen LogP contribution in [0.15, 0.2) is 53.8 Å². The van der Waals surface area contributed by atoms with Gasteiger partial charge in [-0.2, -0.15) is 0 Å². The van der Waals surface area contributed by atoms with Gasteiger partial charge in [0, 0.05) is 24.7 Å². The highest BCUT2D eigenvalue weighted by Gasteiger charge is 2.41. The molecule has 4 unspecified atom stereocenters. The van der Waals surface area contributed by atoms with E-state index < -0.39 is 21.0 Å². The minimum atomic E-state index is -1.25. The van der Waals surface area contributed by atoms with Crippen molar-refractivity contribution in [3.05, 3.63) is 65.7 Å². The molecule has 0 radical (unpaired) electrons. The summed E-state index contributed by atoms with van der Waals surface area (Å²) >= 11 is 0. The van der Waals surface area contributed by atoms with Crippen LogP contribution in [0.25, 0.3) is 0 Å². The summed E-state index contributed by atoms with van der Waals surface area (Å²) in [5.41, 5.74) is 1.36. The maximum Gasteiger partial charge on any atom is 0.177 e. The average molecular weight is 331 g/mol. The number of pyridine rings is 1. The molecule has 2 aromatic rings. The summed E-state index contributed by atoms with van der Waals surface area (Å²) in [5, 5.41) is 3.25. The van der Waals surface area contributed by atoms with Gasteiger partial charge in [0.05, 0.1) is 10.8 Å². The van der Waals surface area contributed by atoms with Gasteiger partial charge in [0.2, 0.25) is 0 Å². The zero-order chi connectivity index (χ0) is 16.4. The number of benzene rings is 1. The van der Waals surface area contributed by atoms with E-state index in [2.05, 4.69) is 15.3 Å². The first-order valence-electron chi connectivity index (χ1n) is 7.38. The number of halogens is 1. The molecule has 1 aromatic heterocycles. The predicted molar refractivity (Wildman–Crippen MR) is 90.0 cm³/mol. The molecule has 0 amide bonds. The first-order chi connectivity index (χ1) is 11.0. The lowest BCUT2D eigenvalue weighted by molar-refractivity contribution is 0.547. The first kappa shape index (κ1) is 16.0. The van der Waals surface area contributed by atoms with Crippen molar-refractivity contribution in [1.29, 1.82) is 0 Å². The highest BCUT2D eigenvalue weighted by molar-refractivity contribution is 7.87. The van der Waals surface area contributed by atoms with Crippen LogP contribution in [0.2, 0.25) is 0 Å². The molecule has 1 N–H and O–H groups in total. The number of aliphatic imine (C=N–C) groups is 1. The molecule has 0 saturated heterocycles. The molecule has 3 rings (SSSR count). The standard InChI is InChI=1S/C17H18FN3OS/c1-12(13-3-5-15(18)6-4-13)21-16-20-11-17(2,23(16)22)14-7-9-19-10-8-14/h3-12,16,21H,1-2H3. The smallest absolute Gasteiger partial charge is 0.177 e. The summed E-state index contributed by atoms with van der Waals surface area (Å²) in [4.78, 5) is 8.40. The topological polar surface area (TPSA) is 54.4 Å². The van der Waals surface area contributed by atoms with Gasteiger partial charge in [-0.05, 0) is 49.2 Å². The number of nitrogens with zero attached hydrogens (tertiary/aromatic N) is 2. The van der Waals surface area contributed by atoms with Gasteiger partial charge < -0.3 is 0 Å². The van der Waals surface area contributed by atoms with Crippen molar-refractivity contribution in [2.75, 3.05) is 0 Å². The molecule has 2 heterocycles. The fourth-order valence-corrected chi connectivity index (χ4v) is 4.09. The molecule has 4 atom stereocenters. The van der Waals surface area contributed by atoms with Crippen molar-refractivity contribution < 1.29 is 8.60 Å². The lowest BCUT2D eigenvalue weighted by Crippen LogP contribution is -2.37. The number of nitrogens with one attached hydrogen (secondary N) is 1. The van der Waals surface area contributed by atoms with Crippen molar-refractivity contribution in [3.8, 4) is 0 Å². The molecule has 6 heteroatoms. The Morgan fingerprint density at radius 1 is 1.22 bits per heavy atom. The van der Waals surface area contributed by atoms with Crippen LogP contribution in [-0.4, -0.2) is 20.9 Å². The molecule has 0 fully saturated rings. The predicted octanol–water partition coefficient (Wildman–Crippen LogP) is 2.90. The molecule has 0 spiro atoms. The molecule has 4 nitrogen and oxygen atoms in total. The Labute approximate surface area is 137 Å². The van der Waals surface area contributed by atoms with Crippen LogP contribution in [0.4, 0.5) is 4.39 Å². The molecular formula is C17H18FN3OS.